The third-order valence-electron chi connectivity index (χ3n) is 9.95. The van der Waals surface area contributed by atoms with Gasteiger partial charge in [0, 0.05) is 18.4 Å². The number of carbonyl (C=O) groups excluding carboxylic acids is 3. The zero-order chi connectivity index (χ0) is 35.2. The molecule has 5 atom stereocenters. The Morgan fingerprint density at radius 1 is 1.19 bits per heavy atom. The molecule has 0 aromatic carbocycles. The van der Waals surface area contributed by atoms with Gasteiger partial charge >= 0.3 is 12.0 Å². The van der Waals surface area contributed by atoms with Gasteiger partial charge in [-0.05, 0) is 68.9 Å². The number of amidine groups is 1. The van der Waals surface area contributed by atoms with Gasteiger partial charge in [0.25, 0.3) is 0 Å². The van der Waals surface area contributed by atoms with E-state index in [1.165, 1.54) is 25.3 Å². The van der Waals surface area contributed by atoms with Crippen molar-refractivity contribution in [3.63, 3.8) is 0 Å². The molecule has 13 heteroatoms. The lowest BCUT2D eigenvalue weighted by Gasteiger charge is -2.36. The van der Waals surface area contributed by atoms with Crippen LogP contribution in [0.15, 0.2) is 22.1 Å². The molecule has 13 nitrogen and oxygen atoms in total. The quantitative estimate of drug-likeness (QED) is 0.131. The van der Waals surface area contributed by atoms with Gasteiger partial charge in [0.15, 0.2) is 11.9 Å². The summed E-state index contributed by atoms with van der Waals surface area (Å²) >= 11 is 0. The first-order valence-electron chi connectivity index (χ1n) is 17.3. The van der Waals surface area contributed by atoms with Crippen molar-refractivity contribution in [3.8, 4) is 6.07 Å². The van der Waals surface area contributed by atoms with Crippen LogP contribution in [0.4, 0.5) is 4.79 Å². The number of aliphatic hydroxyl groups is 1. The van der Waals surface area contributed by atoms with E-state index in [1.807, 2.05) is 20.8 Å². The molecule has 0 radical (unpaired) electrons. The lowest BCUT2D eigenvalue weighted by atomic mass is 9.68. The minimum atomic E-state index is -1.95. The minimum absolute atomic E-state index is 0.0456. The molecule has 2 aliphatic carbocycles. The third kappa shape index (κ3) is 8.70. The molecule has 7 N–H and O–H groups in total. The van der Waals surface area contributed by atoms with Crippen LogP contribution in [0, 0.1) is 34.5 Å². The van der Waals surface area contributed by atoms with E-state index >= 15 is 0 Å². The fourth-order valence-corrected chi connectivity index (χ4v) is 6.93. The van der Waals surface area contributed by atoms with Gasteiger partial charge in [0.1, 0.15) is 24.0 Å². The summed E-state index contributed by atoms with van der Waals surface area (Å²) in [6.45, 7) is 9.01. The number of urea groups is 1. The first kappa shape index (κ1) is 37.2. The average molecular weight is 668 g/mol. The summed E-state index contributed by atoms with van der Waals surface area (Å²) < 4.78 is 12.2. The molecule has 0 spiro atoms. The topological polar surface area (TPSA) is 218 Å². The van der Waals surface area contributed by atoms with Crippen molar-refractivity contribution in [2.45, 2.75) is 135 Å². The van der Waals surface area contributed by atoms with Crippen molar-refractivity contribution in [2.75, 3.05) is 0 Å². The van der Waals surface area contributed by atoms with Gasteiger partial charge in [-0.2, -0.15) is 10.3 Å². The van der Waals surface area contributed by atoms with Crippen molar-refractivity contribution in [1.29, 1.82) is 5.26 Å². The number of H-pyrrole nitrogens is 1. The Morgan fingerprint density at radius 3 is 2.48 bits per heavy atom. The number of nitrogens with two attached hydrogens (primary N) is 2. The number of esters is 1. The van der Waals surface area contributed by atoms with Crippen LogP contribution in [-0.2, 0) is 24.7 Å². The lowest BCUT2D eigenvalue weighted by Crippen LogP contribution is -2.48. The Hall–Kier alpha value is -3.60. The number of aromatic nitrogens is 1. The molecule has 3 aliphatic rings. The predicted molar refractivity (Wildman–Crippen MR) is 181 cm³/mol. The molecular formula is C35H53N7O6. The zero-order valence-corrected chi connectivity index (χ0v) is 28.9. The van der Waals surface area contributed by atoms with Crippen molar-refractivity contribution in [1.82, 2.24) is 10.3 Å². The molecule has 1 aromatic rings. The van der Waals surface area contributed by atoms with Crippen LogP contribution in [-0.4, -0.2) is 70.4 Å². The number of hydrogen-bond donors (Lipinski definition) is 5. The van der Waals surface area contributed by atoms with E-state index in [4.69, 9.17) is 20.9 Å². The Kier molecular flexibility index (Phi) is 12.2. The summed E-state index contributed by atoms with van der Waals surface area (Å²) in [4.78, 5) is 49.4. The van der Waals surface area contributed by atoms with Gasteiger partial charge < -0.3 is 36.3 Å². The van der Waals surface area contributed by atoms with Gasteiger partial charge in [0.2, 0.25) is 5.60 Å². The maximum absolute atomic E-state index is 13.2. The standard InChI is InChI=1S/C35H53N7O6/c1-20(2)40-33(46)42-31(39-19-37)24-12-14-27(41-24)35(18-36)30(44)28(47-32(45)29(38)34(3,4)5)26(48-35)13-11-22-15-23(16-22)25(43)17-21-9-7-6-8-10-21/h12,14,19-23,26,28-30,41,44H,6-11,13,15-17,38H2,1-5H3,(H3,37,39,40,42,46)/t22?,23?,26?,28-,29-,30-,35+/m1/s1. The molecule has 1 saturated heterocycles. The first-order valence-corrected chi connectivity index (χ1v) is 17.3. The zero-order valence-electron chi connectivity index (χ0n) is 28.9. The van der Waals surface area contributed by atoms with Gasteiger partial charge in [-0.3, -0.25) is 9.59 Å². The highest BCUT2D eigenvalue weighted by Gasteiger charge is 2.59. The number of nitrogens with one attached hydrogen (secondary N) is 2. The van der Waals surface area contributed by atoms with Crippen LogP contribution in [0.3, 0.4) is 0 Å². The Labute approximate surface area is 283 Å². The Morgan fingerprint density at radius 2 is 1.88 bits per heavy atom. The van der Waals surface area contributed by atoms with Gasteiger partial charge in [-0.1, -0.05) is 52.9 Å². The van der Waals surface area contributed by atoms with Crippen LogP contribution in [0.25, 0.3) is 0 Å². The van der Waals surface area contributed by atoms with E-state index in [9.17, 15) is 24.8 Å². The van der Waals surface area contributed by atoms with Crippen LogP contribution in [0.1, 0.15) is 110 Å². The average Bonchev–Trinajstić information content (AvgIpc) is 3.59. The monoisotopic (exact) mass is 667 g/mol. The van der Waals surface area contributed by atoms with Crippen LogP contribution in [0.2, 0.25) is 0 Å². The minimum Gasteiger partial charge on any atom is -0.455 e. The van der Waals surface area contributed by atoms with Gasteiger partial charge in [-0.25, -0.2) is 9.79 Å². The second-order valence-electron chi connectivity index (χ2n) is 15.1. The molecule has 2 heterocycles. The fourth-order valence-electron chi connectivity index (χ4n) is 6.93. The van der Waals surface area contributed by atoms with E-state index in [1.54, 1.807) is 19.9 Å². The summed E-state index contributed by atoms with van der Waals surface area (Å²) in [5, 5.41) is 24.8. The number of aliphatic hydroxyl groups excluding tert-OH is 1. The van der Waals surface area contributed by atoms with Gasteiger partial charge in [-0.15, -0.1) is 0 Å². The third-order valence-corrected chi connectivity index (χ3v) is 9.95. The molecule has 264 valence electrons. The SMILES string of the molecule is CC(C)NC(=O)/N=C(\N=CN)c1ccc([C@]2(C#N)OC(CCC3CC(C(=O)CC4CCCCC4)C3)[C@@H](OC(=O)[C@@H](N)C(C)(C)C)[C@H]2O)[nH]1. The highest BCUT2D eigenvalue weighted by atomic mass is 16.6. The molecule has 2 amide bonds. The lowest BCUT2D eigenvalue weighted by molar-refractivity contribution is -0.160. The number of carbonyl (C=O) groups is 3. The normalized spacial score (nSPS) is 29.0. The number of Topliss-reactive ketones (excluding diaryl/α,β-unsaturated/α-hetero) is 1. The molecule has 4 rings (SSSR count). The van der Waals surface area contributed by atoms with Crippen LogP contribution < -0.4 is 16.8 Å². The highest BCUT2D eigenvalue weighted by molar-refractivity contribution is 6.06. The predicted octanol–water partition coefficient (Wildman–Crippen LogP) is 3.98. The number of aromatic amines is 1. The largest absolute Gasteiger partial charge is 0.455 e. The second kappa shape index (κ2) is 15.7. The fraction of sp³-hybridized carbons (Fsp3) is 0.714. The number of amides is 2. The Bertz CT molecular complexity index is 1400. The molecule has 1 aromatic heterocycles. The molecule has 0 bridgehead atoms. The molecule has 3 fully saturated rings. The van der Waals surface area contributed by atoms with Gasteiger partial charge in [0.05, 0.1) is 23.8 Å². The molecular weight excluding hydrogens is 614 g/mol. The number of aliphatic imine (C=N–C) groups is 2. The van der Waals surface area contributed by atoms with E-state index in [0.717, 1.165) is 32.0 Å². The summed E-state index contributed by atoms with van der Waals surface area (Å²) in [6, 6.07) is 3.40. The number of nitrogens with zero attached hydrogens (tertiary/aromatic N) is 3. The molecule has 1 aliphatic heterocycles. The van der Waals surface area contributed by atoms with Crippen molar-refractivity contribution < 1.29 is 29.0 Å². The first-order chi connectivity index (χ1) is 22.7. The highest BCUT2D eigenvalue weighted by Crippen LogP contribution is 2.45. The second-order valence-corrected chi connectivity index (χ2v) is 15.1. The molecule has 2 saturated carbocycles. The maximum Gasteiger partial charge on any atom is 0.343 e. The summed E-state index contributed by atoms with van der Waals surface area (Å²) in [5.74, 6) is 0.497. The molecule has 48 heavy (non-hydrogen) atoms. The number of rotatable bonds is 11. The number of nitriles is 1. The summed E-state index contributed by atoms with van der Waals surface area (Å²) in [5.41, 5.74) is 9.58. The van der Waals surface area contributed by atoms with Crippen molar-refractivity contribution >= 4 is 30.0 Å². The van der Waals surface area contributed by atoms with E-state index in [-0.39, 0.29) is 29.2 Å². The van der Waals surface area contributed by atoms with Crippen LogP contribution in [0.5, 0.6) is 0 Å². The van der Waals surface area contributed by atoms with E-state index in [2.05, 4.69) is 26.4 Å². The summed E-state index contributed by atoms with van der Waals surface area (Å²) in [6.07, 6.45) is 6.73. The molecule has 1 unspecified atom stereocenters. The van der Waals surface area contributed by atoms with E-state index < -0.39 is 47.4 Å². The van der Waals surface area contributed by atoms with E-state index in [0.29, 0.717) is 36.9 Å². The number of ether oxygens (including phenoxy) is 2. The summed E-state index contributed by atoms with van der Waals surface area (Å²) in [7, 11) is 0. The Balaban J connectivity index is 1.51. The maximum atomic E-state index is 13.2. The van der Waals surface area contributed by atoms with Crippen molar-refractivity contribution in [2.24, 2.45) is 44.6 Å². The van der Waals surface area contributed by atoms with Crippen LogP contribution >= 0.6 is 0 Å². The smallest absolute Gasteiger partial charge is 0.343 e. The number of ketones is 1. The van der Waals surface area contributed by atoms with Crippen molar-refractivity contribution in [3.05, 3.63) is 23.5 Å². The number of hydrogen-bond acceptors (Lipinski definition) is 8.